The molecule has 0 spiro atoms. The Balaban J connectivity index is 0. The van der Waals surface area contributed by atoms with Crippen molar-refractivity contribution in [3.63, 3.8) is 0 Å². The predicted molar refractivity (Wildman–Crippen MR) is 123 cm³/mol. The number of phosphoric ester groups is 3. The van der Waals surface area contributed by atoms with Crippen LogP contribution in [0, 0.1) is 41.7 Å². The van der Waals surface area contributed by atoms with Gasteiger partial charge in [-0.3, -0.25) is 13.7 Å². The van der Waals surface area contributed by atoms with Gasteiger partial charge >= 0.3 is 41.7 Å². The van der Waals surface area contributed by atoms with E-state index in [1.807, 2.05) is 0 Å². The summed E-state index contributed by atoms with van der Waals surface area (Å²) < 4.78 is 57.6. The van der Waals surface area contributed by atoms with Crippen molar-refractivity contribution in [1.82, 2.24) is 0 Å². The Morgan fingerprint density at radius 1 is 0.472 bits per heavy atom. The molecule has 0 aromatic heterocycles. The average Bonchev–Trinajstić information content (AvgIpc) is 3.22. The van der Waals surface area contributed by atoms with Crippen LogP contribution in [0.3, 0.4) is 0 Å². The van der Waals surface area contributed by atoms with Crippen LogP contribution in [0.4, 0.5) is 0 Å². The van der Waals surface area contributed by atoms with Gasteiger partial charge in [0.1, 0.15) is 0 Å². The van der Waals surface area contributed by atoms with Gasteiger partial charge in [0.25, 0.3) is 23.5 Å². The van der Waals surface area contributed by atoms with Gasteiger partial charge in [-0.05, 0) is 64.5 Å². The van der Waals surface area contributed by atoms with Crippen LogP contribution in [0.1, 0.15) is 64.2 Å². The Kier molecular flexibility index (Phi) is 27.0. The van der Waals surface area contributed by atoms with Crippen LogP contribution in [-0.2, 0) is 40.8 Å². The Morgan fingerprint density at radius 3 is 0.833 bits per heavy atom. The molecule has 3 aliphatic rings. The van der Waals surface area contributed by atoms with Crippen molar-refractivity contribution < 1.29 is 97.3 Å². The minimum absolute atomic E-state index is 0. The molecule has 3 aliphatic heterocycles. The van der Waals surface area contributed by atoms with Gasteiger partial charge < -0.3 is 53.3 Å². The van der Waals surface area contributed by atoms with Crippen LogP contribution < -0.4 is 26.1 Å². The summed E-state index contributed by atoms with van der Waals surface area (Å²) in [6.45, 7) is 3.24. The van der Waals surface area contributed by atoms with Gasteiger partial charge in [0.05, 0.1) is 39.6 Å². The third-order valence-electron chi connectivity index (χ3n) is 4.27. The smallest absolute Gasteiger partial charge is 0.756 e. The fourth-order valence-electron chi connectivity index (χ4n) is 2.42. The molecule has 3 saturated heterocycles. The first-order chi connectivity index (χ1) is 16.5. The van der Waals surface area contributed by atoms with E-state index in [-0.39, 0.29) is 81.4 Å². The quantitative estimate of drug-likeness (QED) is 0.303. The molecule has 0 unspecified atom stereocenters. The number of unbranched alkanes of at least 4 members (excludes halogenated alkanes) is 3. The Hall–Kier alpha value is 1.63. The molecule has 0 amide bonds. The summed E-state index contributed by atoms with van der Waals surface area (Å²) >= 11 is 0. The van der Waals surface area contributed by atoms with Crippen molar-refractivity contribution in [1.29, 1.82) is 0 Å². The number of rotatable bonds is 5. The van der Waals surface area contributed by atoms with Crippen molar-refractivity contribution in [3.05, 3.63) is 0 Å². The molecular formula is C18H40CeN2O12P3. The maximum atomic E-state index is 10.5. The molecule has 18 heteroatoms. The molecule has 0 aromatic carbocycles. The summed E-state index contributed by atoms with van der Waals surface area (Å²) in [7, 11) is -11.6. The summed E-state index contributed by atoms with van der Waals surface area (Å²) in [5.41, 5.74) is 10.6. The van der Waals surface area contributed by atoms with E-state index in [1.54, 1.807) is 0 Å². The first-order valence-electron chi connectivity index (χ1n) is 11.7. The fourth-order valence-corrected chi connectivity index (χ4v) is 4.76. The number of hydrogen-bond acceptors (Lipinski definition) is 14. The second-order valence-electron chi connectivity index (χ2n) is 7.45. The Labute approximate surface area is 247 Å². The second kappa shape index (κ2) is 24.4. The van der Waals surface area contributed by atoms with Gasteiger partial charge in [0.15, 0.2) is 0 Å². The van der Waals surface area contributed by atoms with E-state index in [1.165, 1.54) is 12.8 Å². The third kappa shape index (κ3) is 27.2. The first-order valence-corrected chi connectivity index (χ1v) is 16.1. The van der Waals surface area contributed by atoms with E-state index in [2.05, 4.69) is 27.1 Å². The third-order valence-corrected chi connectivity index (χ3v) is 7.26. The number of phosphoric acid groups is 3. The SMILES string of the molecule is NCCCCCCN.O=P1([O-])OCCCCO1.O=P1([O-])OCCCCO1.O=P1([O-])OCCCCO1.[Ce+3]. The largest absolute Gasteiger partial charge is 3.00 e. The minimum Gasteiger partial charge on any atom is -0.756 e. The van der Waals surface area contributed by atoms with Crippen molar-refractivity contribution in [2.45, 2.75) is 64.2 Å². The average molecular weight is 710 g/mol. The molecule has 0 aromatic rings. The van der Waals surface area contributed by atoms with Crippen LogP contribution in [0.2, 0.25) is 0 Å². The molecule has 0 saturated carbocycles. The van der Waals surface area contributed by atoms with E-state index in [0.29, 0.717) is 0 Å². The van der Waals surface area contributed by atoms with Crippen LogP contribution in [0.25, 0.3) is 0 Å². The molecule has 4 N–H and O–H groups in total. The standard InChI is InChI=1S/C6H16N2.3C4H9O4P.Ce/c7-5-3-1-2-4-6-8;3*5-9(6)7-3-1-2-4-8-9;/h1-8H2;3*1-4H2,(H,5,6);/q;;;;+3/p-3. The Bertz CT molecular complexity index is 547. The zero-order chi connectivity index (χ0) is 26.5. The van der Waals surface area contributed by atoms with Crippen LogP contribution in [0.5, 0.6) is 0 Å². The molecular weight excluding hydrogens is 669 g/mol. The zero-order valence-electron chi connectivity index (χ0n) is 20.6. The molecule has 14 nitrogen and oxygen atoms in total. The van der Waals surface area contributed by atoms with Crippen molar-refractivity contribution in [2.75, 3.05) is 52.7 Å². The van der Waals surface area contributed by atoms with Crippen LogP contribution in [-0.4, -0.2) is 52.7 Å². The molecule has 1 radical (unpaired) electrons. The second-order valence-corrected chi connectivity index (χ2v) is 11.7. The predicted octanol–water partition coefficient (Wildman–Crippen LogP) is 1.31. The van der Waals surface area contributed by atoms with Crippen molar-refractivity contribution in [3.8, 4) is 0 Å². The fraction of sp³-hybridized carbons (Fsp3) is 1.00. The van der Waals surface area contributed by atoms with Crippen LogP contribution >= 0.6 is 23.5 Å². The molecule has 36 heavy (non-hydrogen) atoms. The van der Waals surface area contributed by atoms with Crippen LogP contribution in [0.15, 0.2) is 0 Å². The maximum absolute atomic E-state index is 10.5. The topological polar surface area (TPSA) is 228 Å². The van der Waals surface area contributed by atoms with Gasteiger partial charge in [0.2, 0.25) is 0 Å². The molecule has 0 bridgehead atoms. The van der Waals surface area contributed by atoms with E-state index < -0.39 is 23.5 Å². The molecule has 3 fully saturated rings. The van der Waals surface area contributed by atoms with Gasteiger partial charge in [-0.2, -0.15) is 0 Å². The maximum Gasteiger partial charge on any atom is 3.00 e. The van der Waals surface area contributed by atoms with Crippen molar-refractivity contribution >= 4 is 23.5 Å². The van der Waals surface area contributed by atoms with E-state index >= 15 is 0 Å². The van der Waals surface area contributed by atoms with E-state index in [0.717, 1.165) is 64.5 Å². The molecule has 0 aliphatic carbocycles. The van der Waals surface area contributed by atoms with E-state index in [9.17, 15) is 28.4 Å². The van der Waals surface area contributed by atoms with E-state index in [4.69, 9.17) is 11.5 Å². The molecule has 0 atom stereocenters. The summed E-state index contributed by atoms with van der Waals surface area (Å²) in [5.74, 6) is 0. The number of nitrogens with two attached hydrogens (primary N) is 2. The summed E-state index contributed by atoms with van der Waals surface area (Å²) in [5, 5.41) is 0. The molecule has 213 valence electrons. The minimum atomic E-state index is -3.88. The van der Waals surface area contributed by atoms with Gasteiger partial charge in [-0.15, -0.1) is 0 Å². The van der Waals surface area contributed by atoms with Gasteiger partial charge in [-0.1, -0.05) is 12.8 Å². The summed E-state index contributed by atoms with van der Waals surface area (Å²) in [6.07, 6.45) is 9.33. The first kappa shape index (κ1) is 39.8. The van der Waals surface area contributed by atoms with Crippen molar-refractivity contribution in [2.24, 2.45) is 11.5 Å². The number of hydrogen-bond donors (Lipinski definition) is 2. The molecule has 3 heterocycles. The molecule has 3 rings (SSSR count). The van der Waals surface area contributed by atoms with Gasteiger partial charge in [0, 0.05) is 0 Å². The van der Waals surface area contributed by atoms with Gasteiger partial charge in [-0.25, -0.2) is 0 Å². The Morgan fingerprint density at radius 2 is 0.667 bits per heavy atom. The normalized spacial score (nSPS) is 22.6. The monoisotopic (exact) mass is 709 g/mol. The summed E-state index contributed by atoms with van der Waals surface area (Å²) in [6, 6.07) is 0. The summed E-state index contributed by atoms with van der Waals surface area (Å²) in [4.78, 5) is 31.4. The zero-order valence-corrected chi connectivity index (χ0v) is 26.4.